The van der Waals surface area contributed by atoms with Crippen LogP contribution in [0.1, 0.15) is 20.0 Å². The first-order chi connectivity index (χ1) is 13.8. The van der Waals surface area contributed by atoms with Crippen molar-refractivity contribution < 1.29 is 22.8 Å². The van der Waals surface area contributed by atoms with Crippen LogP contribution in [-0.2, 0) is 0 Å². The van der Waals surface area contributed by atoms with Crippen LogP contribution >= 0.6 is 11.3 Å². The van der Waals surface area contributed by atoms with E-state index in [4.69, 9.17) is 0 Å². The fraction of sp³-hybridized carbons (Fsp3) is 0.100. The molecule has 0 aliphatic carbocycles. The normalized spacial score (nSPS) is 11.0. The van der Waals surface area contributed by atoms with Gasteiger partial charge < -0.3 is 16.0 Å². The lowest BCUT2D eigenvalue weighted by Gasteiger charge is -2.14. The average molecular weight is 419 g/mol. The summed E-state index contributed by atoms with van der Waals surface area (Å²) in [6.45, 7) is -1.22. The topological polar surface area (TPSA) is 70.2 Å². The highest BCUT2D eigenvalue weighted by Crippen LogP contribution is 2.24. The number of nitrogens with one attached hydrogen (secondary N) is 3. The Morgan fingerprint density at radius 3 is 2.31 bits per heavy atom. The second kappa shape index (κ2) is 8.78. The second-order valence-corrected chi connectivity index (χ2v) is 6.93. The van der Waals surface area contributed by atoms with Crippen molar-refractivity contribution in [2.75, 3.05) is 22.5 Å². The van der Waals surface area contributed by atoms with E-state index in [0.717, 1.165) is 0 Å². The molecule has 3 rings (SSSR count). The van der Waals surface area contributed by atoms with Crippen molar-refractivity contribution in [1.29, 1.82) is 0 Å². The standard InChI is InChI=1S/C20H16F3N3O2S/c21-20(22,23)12-24-15-7-1-2-8-16(15)26-18(27)13-5-3-6-14(11-13)25-19(28)17-9-4-10-29-17/h1-11,24H,12H2,(H,25,28)(H,26,27). The average Bonchev–Trinajstić information content (AvgIpc) is 3.22. The van der Waals surface area contributed by atoms with Crippen molar-refractivity contribution in [2.45, 2.75) is 6.18 Å². The van der Waals surface area contributed by atoms with E-state index < -0.39 is 18.6 Å². The first kappa shape index (κ1) is 20.4. The molecule has 0 saturated heterocycles. The van der Waals surface area contributed by atoms with E-state index in [1.807, 2.05) is 0 Å². The van der Waals surface area contributed by atoms with E-state index in [1.165, 1.54) is 29.5 Å². The van der Waals surface area contributed by atoms with Gasteiger partial charge in [-0.3, -0.25) is 9.59 Å². The van der Waals surface area contributed by atoms with Crippen LogP contribution in [0.25, 0.3) is 0 Å². The van der Waals surface area contributed by atoms with Gasteiger partial charge in [-0.15, -0.1) is 11.3 Å². The number of rotatable bonds is 6. The van der Waals surface area contributed by atoms with Gasteiger partial charge in [0, 0.05) is 11.3 Å². The van der Waals surface area contributed by atoms with Gasteiger partial charge in [0.1, 0.15) is 6.54 Å². The Kier molecular flexibility index (Phi) is 6.18. The molecule has 9 heteroatoms. The maximum atomic E-state index is 12.6. The number of hydrogen-bond donors (Lipinski definition) is 3. The number of anilines is 3. The second-order valence-electron chi connectivity index (χ2n) is 5.98. The molecule has 1 aromatic heterocycles. The summed E-state index contributed by atoms with van der Waals surface area (Å²) in [6, 6.07) is 15.8. The molecule has 0 atom stereocenters. The highest BCUT2D eigenvalue weighted by Gasteiger charge is 2.27. The largest absolute Gasteiger partial charge is 0.405 e. The fourth-order valence-electron chi connectivity index (χ4n) is 2.47. The minimum Gasteiger partial charge on any atom is -0.375 e. The number of carbonyl (C=O) groups excluding carboxylic acids is 2. The zero-order chi connectivity index (χ0) is 20.9. The summed E-state index contributed by atoms with van der Waals surface area (Å²) in [6.07, 6.45) is -4.38. The van der Waals surface area contributed by atoms with E-state index in [1.54, 1.807) is 47.8 Å². The molecule has 0 bridgehead atoms. The summed E-state index contributed by atoms with van der Waals surface area (Å²) in [4.78, 5) is 25.2. The lowest BCUT2D eigenvalue weighted by Crippen LogP contribution is -2.22. The predicted molar refractivity (Wildman–Crippen MR) is 108 cm³/mol. The van der Waals surface area contributed by atoms with E-state index in [-0.39, 0.29) is 22.8 Å². The minimum atomic E-state index is -4.38. The van der Waals surface area contributed by atoms with Gasteiger partial charge in [-0.05, 0) is 41.8 Å². The molecule has 0 radical (unpaired) electrons. The van der Waals surface area contributed by atoms with Gasteiger partial charge in [0.05, 0.1) is 16.3 Å². The summed E-state index contributed by atoms with van der Waals surface area (Å²) in [5.74, 6) is -0.808. The molecule has 3 aromatic rings. The maximum absolute atomic E-state index is 12.6. The number of hydrogen-bond acceptors (Lipinski definition) is 4. The van der Waals surface area contributed by atoms with Crippen LogP contribution < -0.4 is 16.0 Å². The van der Waals surface area contributed by atoms with Crippen LogP contribution in [0.5, 0.6) is 0 Å². The molecule has 2 aromatic carbocycles. The third-order valence-corrected chi connectivity index (χ3v) is 4.65. The molecule has 2 amide bonds. The lowest BCUT2D eigenvalue weighted by atomic mass is 10.1. The molecule has 0 fully saturated rings. The van der Waals surface area contributed by atoms with Crippen molar-refractivity contribution >= 4 is 40.2 Å². The number of carbonyl (C=O) groups is 2. The first-order valence-corrected chi connectivity index (χ1v) is 9.36. The molecule has 5 nitrogen and oxygen atoms in total. The summed E-state index contributed by atoms with van der Waals surface area (Å²) in [5, 5.41) is 9.35. The fourth-order valence-corrected chi connectivity index (χ4v) is 3.09. The van der Waals surface area contributed by atoms with Gasteiger partial charge in [-0.1, -0.05) is 24.3 Å². The summed E-state index contributed by atoms with van der Waals surface area (Å²) in [7, 11) is 0. The molecule has 0 saturated carbocycles. The van der Waals surface area contributed by atoms with Crippen LogP contribution in [0, 0.1) is 0 Å². The molecule has 1 heterocycles. The molecule has 29 heavy (non-hydrogen) atoms. The van der Waals surface area contributed by atoms with Crippen molar-refractivity contribution in [3.63, 3.8) is 0 Å². The summed E-state index contributed by atoms with van der Waals surface area (Å²) in [5.41, 5.74) is 1.05. The molecular formula is C20H16F3N3O2S. The maximum Gasteiger partial charge on any atom is 0.405 e. The zero-order valence-electron chi connectivity index (χ0n) is 14.9. The Morgan fingerprint density at radius 2 is 1.62 bits per heavy atom. The third-order valence-electron chi connectivity index (χ3n) is 3.78. The van der Waals surface area contributed by atoms with E-state index in [2.05, 4.69) is 16.0 Å². The monoisotopic (exact) mass is 419 g/mol. The third kappa shape index (κ3) is 5.82. The zero-order valence-corrected chi connectivity index (χ0v) is 15.7. The Bertz CT molecular complexity index is 1000. The van der Waals surface area contributed by atoms with E-state index in [0.29, 0.717) is 10.6 Å². The van der Waals surface area contributed by atoms with Gasteiger partial charge in [-0.2, -0.15) is 13.2 Å². The SMILES string of the molecule is O=C(Nc1ccccc1NCC(F)(F)F)c1cccc(NC(=O)c2cccs2)c1. The highest BCUT2D eigenvalue weighted by molar-refractivity contribution is 7.12. The van der Waals surface area contributed by atoms with Crippen molar-refractivity contribution in [2.24, 2.45) is 0 Å². The van der Waals surface area contributed by atoms with Crippen molar-refractivity contribution in [3.05, 3.63) is 76.5 Å². The molecule has 3 N–H and O–H groups in total. The van der Waals surface area contributed by atoms with Crippen LogP contribution in [-0.4, -0.2) is 24.5 Å². The Morgan fingerprint density at radius 1 is 0.862 bits per heavy atom. The van der Waals surface area contributed by atoms with Crippen LogP contribution in [0.4, 0.5) is 30.2 Å². The highest BCUT2D eigenvalue weighted by atomic mass is 32.1. The molecule has 150 valence electrons. The number of para-hydroxylation sites is 2. The summed E-state index contributed by atoms with van der Waals surface area (Å²) >= 11 is 1.29. The Hall–Kier alpha value is -3.33. The van der Waals surface area contributed by atoms with Gasteiger partial charge in [0.2, 0.25) is 0 Å². The number of alkyl halides is 3. The van der Waals surface area contributed by atoms with Crippen LogP contribution in [0.2, 0.25) is 0 Å². The molecule has 0 unspecified atom stereocenters. The van der Waals surface area contributed by atoms with E-state index >= 15 is 0 Å². The lowest BCUT2D eigenvalue weighted by molar-refractivity contribution is -0.115. The Balaban J connectivity index is 1.71. The summed E-state index contributed by atoms with van der Waals surface area (Å²) < 4.78 is 37.4. The first-order valence-electron chi connectivity index (χ1n) is 8.48. The van der Waals surface area contributed by atoms with Gasteiger partial charge in [-0.25, -0.2) is 0 Å². The van der Waals surface area contributed by atoms with Crippen molar-refractivity contribution in [1.82, 2.24) is 0 Å². The molecule has 0 spiro atoms. The molecule has 0 aliphatic heterocycles. The number of thiophene rings is 1. The van der Waals surface area contributed by atoms with Gasteiger partial charge >= 0.3 is 6.18 Å². The Labute approximate surface area is 168 Å². The number of halogens is 3. The van der Waals surface area contributed by atoms with Gasteiger partial charge in [0.25, 0.3) is 11.8 Å². The number of benzene rings is 2. The minimum absolute atomic E-state index is 0.153. The smallest absolute Gasteiger partial charge is 0.375 e. The van der Waals surface area contributed by atoms with E-state index in [9.17, 15) is 22.8 Å². The van der Waals surface area contributed by atoms with Crippen molar-refractivity contribution in [3.8, 4) is 0 Å². The molecule has 0 aliphatic rings. The quantitative estimate of drug-likeness (QED) is 0.513. The van der Waals surface area contributed by atoms with Gasteiger partial charge in [0.15, 0.2) is 0 Å². The predicted octanol–water partition coefficient (Wildman–Crippen LogP) is 5.23. The van der Waals surface area contributed by atoms with Crippen LogP contribution in [0.15, 0.2) is 66.0 Å². The molecular weight excluding hydrogens is 403 g/mol. The van der Waals surface area contributed by atoms with Crippen LogP contribution in [0.3, 0.4) is 0 Å². The number of amides is 2.